The van der Waals surface area contributed by atoms with Crippen molar-refractivity contribution in [3.63, 3.8) is 0 Å². The molecule has 36 heavy (non-hydrogen) atoms. The highest BCUT2D eigenvalue weighted by Gasteiger charge is 2.51. The van der Waals surface area contributed by atoms with Gasteiger partial charge in [0.15, 0.2) is 0 Å². The lowest BCUT2D eigenvalue weighted by Crippen LogP contribution is -2.65. The predicted molar refractivity (Wildman–Crippen MR) is 135 cm³/mol. The zero-order valence-corrected chi connectivity index (χ0v) is 20.6. The molecule has 1 aromatic carbocycles. The largest absolute Gasteiger partial charge is 0.380 e. The molecule has 6 rings (SSSR count). The third kappa shape index (κ3) is 3.96. The summed E-state index contributed by atoms with van der Waals surface area (Å²) in [5.41, 5.74) is -0.605. The van der Waals surface area contributed by atoms with Crippen molar-refractivity contribution in [2.45, 2.75) is 55.8 Å². The molecule has 3 atom stereocenters. The van der Waals surface area contributed by atoms with Gasteiger partial charge in [0.1, 0.15) is 17.7 Å². The maximum Gasteiger partial charge on any atom is 0.262 e. The van der Waals surface area contributed by atoms with Crippen LogP contribution in [0.1, 0.15) is 47.5 Å². The van der Waals surface area contributed by atoms with E-state index in [0.29, 0.717) is 23.4 Å². The smallest absolute Gasteiger partial charge is 0.262 e. The van der Waals surface area contributed by atoms with E-state index in [4.69, 9.17) is 0 Å². The number of likely N-dealkylation sites (tertiary alicyclic amines) is 1. The lowest BCUT2D eigenvalue weighted by atomic mass is 9.89. The van der Waals surface area contributed by atoms with Gasteiger partial charge in [-0.1, -0.05) is 24.3 Å². The van der Waals surface area contributed by atoms with Crippen LogP contribution in [0.15, 0.2) is 54.7 Å². The van der Waals surface area contributed by atoms with Crippen LogP contribution in [-0.4, -0.2) is 68.8 Å². The number of hydrogen-bond donors (Lipinski definition) is 2. The molecule has 3 saturated heterocycles. The third-order valence-corrected chi connectivity index (χ3v) is 8.80. The molecule has 0 unspecified atom stereocenters. The van der Waals surface area contributed by atoms with Gasteiger partial charge in [-0.2, -0.15) is 0 Å². The minimum absolute atomic E-state index is 0.00799. The van der Waals surface area contributed by atoms with Gasteiger partial charge >= 0.3 is 0 Å². The molecule has 3 aliphatic rings. The summed E-state index contributed by atoms with van der Waals surface area (Å²) >= 11 is 1.41. The van der Waals surface area contributed by atoms with E-state index >= 15 is 0 Å². The summed E-state index contributed by atoms with van der Waals surface area (Å²) in [6.45, 7) is 0.330. The second kappa shape index (κ2) is 8.97. The first kappa shape index (κ1) is 23.1. The van der Waals surface area contributed by atoms with Crippen molar-refractivity contribution < 1.29 is 19.5 Å². The number of amides is 3. The number of rotatable bonds is 4. The number of benzene rings is 1. The Morgan fingerprint density at radius 1 is 1.06 bits per heavy atom. The Bertz CT molecular complexity index is 1290. The van der Waals surface area contributed by atoms with Crippen molar-refractivity contribution in [2.24, 2.45) is 0 Å². The van der Waals surface area contributed by atoms with E-state index in [1.807, 2.05) is 36.4 Å². The number of aromatic nitrogens is 1. The average molecular weight is 505 g/mol. The van der Waals surface area contributed by atoms with Crippen LogP contribution in [0, 0.1) is 0 Å². The van der Waals surface area contributed by atoms with Crippen LogP contribution in [0.25, 0.3) is 10.1 Å². The number of pyridine rings is 1. The Morgan fingerprint density at radius 2 is 1.86 bits per heavy atom. The maximum absolute atomic E-state index is 13.6. The Morgan fingerprint density at radius 3 is 2.64 bits per heavy atom. The molecule has 0 aliphatic carbocycles. The average Bonchev–Trinajstić information content (AvgIpc) is 3.47. The van der Waals surface area contributed by atoms with Crippen LogP contribution in [-0.2, 0) is 15.2 Å². The molecule has 0 spiro atoms. The van der Waals surface area contributed by atoms with Crippen LogP contribution >= 0.6 is 11.3 Å². The number of nitrogens with one attached hydrogen (secondary N) is 1. The van der Waals surface area contributed by atoms with Gasteiger partial charge in [-0.25, -0.2) is 0 Å². The number of hydrogen-bond acceptors (Lipinski definition) is 6. The van der Waals surface area contributed by atoms with E-state index in [0.717, 1.165) is 29.3 Å². The number of β-amino-alcohol motifs (C(OH)–C–C–N with tert-alkyl or cyclic N) is 1. The quantitative estimate of drug-likeness (QED) is 0.569. The van der Waals surface area contributed by atoms with Crippen molar-refractivity contribution in [2.75, 3.05) is 13.1 Å². The van der Waals surface area contributed by atoms with E-state index in [1.165, 1.54) is 11.3 Å². The number of carbonyl (C=O) groups excluding carboxylic acids is 3. The maximum atomic E-state index is 13.6. The van der Waals surface area contributed by atoms with Gasteiger partial charge in [0.2, 0.25) is 11.8 Å². The minimum Gasteiger partial charge on any atom is -0.380 e. The normalized spacial score (nSPS) is 25.2. The Labute approximate surface area is 212 Å². The monoisotopic (exact) mass is 504 g/mol. The highest BCUT2D eigenvalue weighted by Crippen LogP contribution is 2.36. The molecule has 9 heteroatoms. The molecule has 186 valence electrons. The number of thiophene rings is 1. The van der Waals surface area contributed by atoms with Gasteiger partial charge in [0, 0.05) is 16.9 Å². The highest BCUT2D eigenvalue weighted by atomic mass is 32.1. The molecule has 3 aliphatic heterocycles. The van der Waals surface area contributed by atoms with Crippen molar-refractivity contribution in [3.05, 3.63) is 65.3 Å². The Kier molecular flexibility index (Phi) is 5.76. The van der Waals surface area contributed by atoms with Crippen LogP contribution < -0.4 is 5.32 Å². The molecule has 2 N–H and O–H groups in total. The molecular formula is C27H28N4O4S. The van der Waals surface area contributed by atoms with Crippen molar-refractivity contribution >= 4 is 39.1 Å². The molecule has 3 amide bonds. The zero-order valence-electron chi connectivity index (χ0n) is 19.8. The van der Waals surface area contributed by atoms with Crippen LogP contribution in [0.5, 0.6) is 0 Å². The van der Waals surface area contributed by atoms with Crippen LogP contribution in [0.3, 0.4) is 0 Å². The zero-order chi connectivity index (χ0) is 24.9. The highest BCUT2D eigenvalue weighted by molar-refractivity contribution is 7.20. The van der Waals surface area contributed by atoms with Gasteiger partial charge in [0.25, 0.3) is 5.91 Å². The number of nitrogens with zero attached hydrogens (tertiary/aromatic N) is 3. The van der Waals surface area contributed by atoms with Gasteiger partial charge in [-0.3, -0.25) is 19.4 Å². The van der Waals surface area contributed by atoms with Crippen molar-refractivity contribution in [1.29, 1.82) is 0 Å². The first-order valence-corrected chi connectivity index (χ1v) is 13.3. The molecule has 0 bridgehead atoms. The van der Waals surface area contributed by atoms with Crippen LogP contribution in [0.2, 0.25) is 0 Å². The minimum atomic E-state index is -1.15. The summed E-state index contributed by atoms with van der Waals surface area (Å²) in [4.78, 5) is 48.3. The first-order chi connectivity index (χ1) is 17.4. The summed E-state index contributed by atoms with van der Waals surface area (Å²) in [6, 6.07) is 13.8. The van der Waals surface area contributed by atoms with Gasteiger partial charge < -0.3 is 20.2 Å². The van der Waals surface area contributed by atoms with E-state index in [2.05, 4.69) is 10.3 Å². The topological polar surface area (TPSA) is 103 Å². The SMILES string of the molecule is O=C(N[C@H]1CCC[C@H]2CC[C@@H](C(=O)N3CC(O)(c4ccccn4)C3)N2C1=O)c1cc2ccccc2s1. The predicted octanol–water partition coefficient (Wildman–Crippen LogP) is 2.67. The number of fused-ring (bicyclic) bond motifs is 2. The van der Waals surface area contributed by atoms with Crippen molar-refractivity contribution in [3.8, 4) is 0 Å². The molecule has 8 nitrogen and oxygen atoms in total. The van der Waals surface area contributed by atoms with Crippen molar-refractivity contribution in [1.82, 2.24) is 20.1 Å². The summed E-state index contributed by atoms with van der Waals surface area (Å²) in [7, 11) is 0. The first-order valence-electron chi connectivity index (χ1n) is 12.5. The molecule has 0 radical (unpaired) electrons. The van der Waals surface area contributed by atoms with Gasteiger partial charge in [0.05, 0.1) is 23.7 Å². The number of carbonyl (C=O) groups is 3. The second-order valence-electron chi connectivity index (χ2n) is 10.0. The summed E-state index contributed by atoms with van der Waals surface area (Å²) < 4.78 is 1.03. The molecule has 0 saturated carbocycles. The fraction of sp³-hybridized carbons (Fsp3) is 0.407. The lowest BCUT2D eigenvalue weighted by Gasteiger charge is -2.47. The third-order valence-electron chi connectivity index (χ3n) is 7.68. The second-order valence-corrected chi connectivity index (χ2v) is 11.1. The van der Waals surface area contributed by atoms with Crippen LogP contribution in [0.4, 0.5) is 0 Å². The molecular weight excluding hydrogens is 476 g/mol. The number of aliphatic hydroxyl groups is 1. The molecule has 5 heterocycles. The summed E-state index contributed by atoms with van der Waals surface area (Å²) in [6.07, 6.45) is 5.20. The molecule has 2 aromatic heterocycles. The van der Waals surface area contributed by atoms with E-state index in [9.17, 15) is 19.5 Å². The van der Waals surface area contributed by atoms with E-state index < -0.39 is 17.7 Å². The van der Waals surface area contributed by atoms with E-state index in [-0.39, 0.29) is 36.9 Å². The summed E-state index contributed by atoms with van der Waals surface area (Å²) in [5, 5.41) is 14.9. The molecule has 3 fully saturated rings. The summed E-state index contributed by atoms with van der Waals surface area (Å²) in [5.74, 6) is -0.565. The van der Waals surface area contributed by atoms with E-state index in [1.54, 1.807) is 28.1 Å². The Hall–Kier alpha value is -3.30. The molecule has 3 aromatic rings. The fourth-order valence-electron chi connectivity index (χ4n) is 5.81. The Balaban J connectivity index is 1.15. The van der Waals surface area contributed by atoms with Gasteiger partial charge in [-0.15, -0.1) is 11.3 Å². The van der Waals surface area contributed by atoms with Gasteiger partial charge in [-0.05, 0) is 61.8 Å². The standard InChI is InChI=1S/C27H28N4O4S/c32-24(22-14-17-6-1-2-9-21(17)36-22)29-19-8-5-7-18-11-12-20(31(18)25(19)33)26(34)30-15-27(35,16-30)23-10-3-4-13-28-23/h1-4,6,9-10,13-14,18-20,35H,5,7-8,11-12,15-16H2,(H,29,32)/t18-,19-,20-/m0/s1. The fourth-order valence-corrected chi connectivity index (χ4v) is 6.78. The lowest BCUT2D eigenvalue weighted by molar-refractivity contribution is -0.165.